The Morgan fingerprint density at radius 3 is 2.50 bits per heavy atom. The summed E-state index contributed by atoms with van der Waals surface area (Å²) < 4.78 is 0. The van der Waals surface area contributed by atoms with E-state index in [1.807, 2.05) is 0 Å². The second-order valence-corrected chi connectivity index (χ2v) is 0.984. The number of hydrogen-bond donors (Lipinski definition) is 0. The molecule has 2 nitrogen and oxygen atoms in total. The molecule has 0 saturated carbocycles. The van der Waals surface area contributed by atoms with Gasteiger partial charge in [-0.05, 0) is 0 Å². The van der Waals surface area contributed by atoms with Crippen molar-refractivity contribution in [1.29, 1.82) is 0 Å². The number of carboxylic acid groups (broad SMARTS) is 1. The minimum Gasteiger partial charge on any atom is -0.546 e. The smallest absolute Gasteiger partial charge is 0.126 e. The molecule has 0 aromatic carbocycles. The third kappa shape index (κ3) is 3.34. The van der Waals surface area contributed by atoms with Crippen molar-refractivity contribution in [2.45, 2.75) is 13.3 Å². The molecule has 2 heteroatoms. The standard InChI is InChI=1S/C4H6O2/c1-2-3-4(5)6/h2H,3H2,1H3. The van der Waals surface area contributed by atoms with Crippen LogP contribution in [0.5, 0.6) is 0 Å². The highest BCUT2D eigenvalue weighted by Crippen LogP contribution is 1.77. The molecule has 0 heterocycles. The van der Waals surface area contributed by atoms with E-state index in [4.69, 9.17) is 0 Å². The maximum absolute atomic E-state index is 9.46. The molecule has 0 rings (SSSR count). The van der Waals surface area contributed by atoms with Crippen molar-refractivity contribution in [2.24, 2.45) is 0 Å². The van der Waals surface area contributed by atoms with Gasteiger partial charge < -0.3 is 9.90 Å². The van der Waals surface area contributed by atoms with Crippen LogP contribution in [0.4, 0.5) is 0 Å². The van der Waals surface area contributed by atoms with Crippen LogP contribution in [0.2, 0.25) is 0 Å². The lowest BCUT2D eigenvalue weighted by molar-refractivity contribution is -0.304. The Balaban J connectivity index is 2.83. The van der Waals surface area contributed by atoms with E-state index in [1.165, 1.54) is 6.42 Å². The summed E-state index contributed by atoms with van der Waals surface area (Å²) in [7, 11) is 0. The molecule has 6 heavy (non-hydrogen) atoms. The molecule has 0 aliphatic heterocycles. The third-order valence-electron chi connectivity index (χ3n) is 0.371. The number of carboxylic acids is 1. The SMILES string of the molecule is C[CH+]CC(=O)[O-]. The Morgan fingerprint density at radius 1 is 2.00 bits per heavy atom. The Bertz CT molecular complexity index is 49.5. The third-order valence-corrected chi connectivity index (χ3v) is 0.371. The van der Waals surface area contributed by atoms with Gasteiger partial charge in [-0.2, -0.15) is 0 Å². The first-order valence-electron chi connectivity index (χ1n) is 1.75. The van der Waals surface area contributed by atoms with Crippen molar-refractivity contribution < 1.29 is 9.90 Å². The van der Waals surface area contributed by atoms with Crippen molar-refractivity contribution in [3.8, 4) is 0 Å². The molecule has 0 aliphatic rings. The van der Waals surface area contributed by atoms with Crippen LogP contribution < -0.4 is 5.11 Å². The van der Waals surface area contributed by atoms with E-state index >= 15 is 0 Å². The van der Waals surface area contributed by atoms with Crippen molar-refractivity contribution in [3.05, 3.63) is 6.42 Å². The molecule has 0 radical (unpaired) electrons. The first kappa shape index (κ1) is 5.34. The molecule has 34 valence electrons. The zero-order valence-corrected chi connectivity index (χ0v) is 3.60. The highest BCUT2D eigenvalue weighted by molar-refractivity contribution is 5.65. The summed E-state index contributed by atoms with van der Waals surface area (Å²) >= 11 is 0. The average Bonchev–Trinajstić information content (AvgIpc) is 1.35. The Labute approximate surface area is 36.8 Å². The van der Waals surface area contributed by atoms with Crippen LogP contribution in [-0.4, -0.2) is 5.97 Å². The van der Waals surface area contributed by atoms with E-state index < -0.39 is 5.97 Å². The van der Waals surface area contributed by atoms with Gasteiger partial charge in [0.25, 0.3) is 0 Å². The van der Waals surface area contributed by atoms with Crippen LogP contribution in [0.25, 0.3) is 0 Å². The number of hydrogen-bond acceptors (Lipinski definition) is 2. The topological polar surface area (TPSA) is 40.1 Å². The van der Waals surface area contributed by atoms with Crippen molar-refractivity contribution >= 4 is 5.97 Å². The second kappa shape index (κ2) is 2.57. The van der Waals surface area contributed by atoms with E-state index in [0.29, 0.717) is 0 Å². The summed E-state index contributed by atoms with van der Waals surface area (Å²) in [5.41, 5.74) is 0. The molecule has 0 bridgehead atoms. The first-order valence-corrected chi connectivity index (χ1v) is 1.75. The fourth-order valence-corrected chi connectivity index (χ4v) is 0.167. The lowest BCUT2D eigenvalue weighted by Crippen LogP contribution is -2.21. The Morgan fingerprint density at radius 2 is 2.50 bits per heavy atom. The maximum atomic E-state index is 9.46. The number of aliphatic carboxylic acids is 1. The van der Waals surface area contributed by atoms with E-state index in [1.54, 1.807) is 6.92 Å². The summed E-state index contributed by atoms with van der Waals surface area (Å²) in [6, 6.07) is 0. The fraction of sp³-hybridized carbons (Fsp3) is 0.500. The van der Waals surface area contributed by atoms with E-state index in [0.717, 1.165) is 0 Å². The van der Waals surface area contributed by atoms with Gasteiger partial charge in [-0.1, -0.05) is 0 Å². The molecule has 0 aliphatic carbocycles. The number of rotatable bonds is 2. The van der Waals surface area contributed by atoms with Crippen LogP contribution in [0.3, 0.4) is 0 Å². The molecule has 0 fully saturated rings. The highest BCUT2D eigenvalue weighted by Gasteiger charge is 1.85. The van der Waals surface area contributed by atoms with Gasteiger partial charge in [-0.25, -0.2) is 0 Å². The molecule has 0 amide bonds. The minimum absolute atomic E-state index is 0.0556. The molecule has 0 aromatic rings. The monoisotopic (exact) mass is 86.0 g/mol. The molecule has 0 atom stereocenters. The number of carbonyl (C=O) groups excluding carboxylic acids is 1. The summed E-state index contributed by atoms with van der Waals surface area (Å²) in [6.45, 7) is 1.68. The summed E-state index contributed by atoms with van der Waals surface area (Å²) in [5, 5.41) is 9.46. The van der Waals surface area contributed by atoms with Crippen molar-refractivity contribution in [2.75, 3.05) is 0 Å². The summed E-state index contributed by atoms with van der Waals surface area (Å²) in [4.78, 5) is 9.46. The molecule has 0 spiro atoms. The van der Waals surface area contributed by atoms with Gasteiger partial charge in [0.05, 0.1) is 19.3 Å². The Kier molecular flexibility index (Phi) is 2.29. The van der Waals surface area contributed by atoms with Gasteiger partial charge in [0, 0.05) is 0 Å². The van der Waals surface area contributed by atoms with Crippen LogP contribution in [-0.2, 0) is 4.79 Å². The van der Waals surface area contributed by atoms with Crippen LogP contribution in [0, 0.1) is 6.42 Å². The first-order chi connectivity index (χ1) is 2.77. The van der Waals surface area contributed by atoms with E-state index in [9.17, 15) is 9.90 Å². The second-order valence-electron chi connectivity index (χ2n) is 0.984. The Hall–Kier alpha value is -0.660. The van der Waals surface area contributed by atoms with Crippen molar-refractivity contribution in [1.82, 2.24) is 0 Å². The van der Waals surface area contributed by atoms with Gasteiger partial charge in [0.2, 0.25) is 0 Å². The van der Waals surface area contributed by atoms with E-state index in [2.05, 4.69) is 0 Å². The highest BCUT2D eigenvalue weighted by atomic mass is 16.4. The molecule has 0 unspecified atom stereocenters. The van der Waals surface area contributed by atoms with Crippen LogP contribution >= 0.6 is 0 Å². The quantitative estimate of drug-likeness (QED) is 0.419. The molecule has 0 saturated heterocycles. The summed E-state index contributed by atoms with van der Waals surface area (Å²) in [6.07, 6.45) is 1.59. The van der Waals surface area contributed by atoms with Gasteiger partial charge in [-0.3, -0.25) is 0 Å². The fourth-order valence-electron chi connectivity index (χ4n) is 0.167. The summed E-state index contributed by atoms with van der Waals surface area (Å²) in [5.74, 6) is -1.02. The van der Waals surface area contributed by atoms with Crippen molar-refractivity contribution in [3.63, 3.8) is 0 Å². The predicted molar refractivity (Wildman–Crippen MR) is 19.6 cm³/mol. The maximum Gasteiger partial charge on any atom is 0.126 e. The van der Waals surface area contributed by atoms with Crippen LogP contribution in [0.1, 0.15) is 13.3 Å². The molecular weight excluding hydrogens is 80.0 g/mol. The average molecular weight is 86.1 g/mol. The zero-order valence-electron chi connectivity index (χ0n) is 3.60. The minimum atomic E-state index is -1.02. The normalized spacial score (nSPS) is 7.50. The lowest BCUT2D eigenvalue weighted by Gasteiger charge is -1.85. The largest absolute Gasteiger partial charge is 0.546 e. The number of carbonyl (C=O) groups is 1. The van der Waals surface area contributed by atoms with Gasteiger partial charge in [-0.15, -0.1) is 0 Å². The van der Waals surface area contributed by atoms with Gasteiger partial charge >= 0.3 is 0 Å². The zero-order chi connectivity index (χ0) is 4.99. The molecular formula is C4H6O2. The van der Waals surface area contributed by atoms with Crippen LogP contribution in [0.15, 0.2) is 0 Å². The van der Waals surface area contributed by atoms with Gasteiger partial charge in [0.1, 0.15) is 6.42 Å². The predicted octanol–water partition coefficient (Wildman–Crippen LogP) is -0.649. The van der Waals surface area contributed by atoms with E-state index in [-0.39, 0.29) is 6.42 Å². The molecule has 0 aromatic heterocycles. The molecule has 0 N–H and O–H groups in total. The lowest BCUT2D eigenvalue weighted by atomic mass is 10.4. The van der Waals surface area contributed by atoms with Gasteiger partial charge in [0.15, 0.2) is 0 Å².